The fraction of sp³-hybridized carbons (Fsp3) is 0.368. The predicted octanol–water partition coefficient (Wildman–Crippen LogP) is 3.42. The number of para-hydroxylation sites is 1. The van der Waals surface area contributed by atoms with Crippen LogP contribution in [0, 0.1) is 5.82 Å². The highest BCUT2D eigenvalue weighted by Crippen LogP contribution is 2.25. The quantitative estimate of drug-likeness (QED) is 0.887. The number of hydrogen-bond acceptors (Lipinski definition) is 3. The Labute approximate surface area is 136 Å². The molecule has 1 fully saturated rings. The van der Waals surface area contributed by atoms with Gasteiger partial charge in [0.25, 0.3) is 0 Å². The number of nitrogens with one attached hydrogen (secondary N) is 2. The Morgan fingerprint density at radius 3 is 2.74 bits per heavy atom. The summed E-state index contributed by atoms with van der Waals surface area (Å²) >= 11 is 0. The van der Waals surface area contributed by atoms with Crippen molar-refractivity contribution in [2.45, 2.75) is 31.5 Å². The molecule has 2 unspecified atom stereocenters. The van der Waals surface area contributed by atoms with Crippen molar-refractivity contribution in [2.24, 2.45) is 0 Å². The maximum atomic E-state index is 13.2. The van der Waals surface area contributed by atoms with Crippen LogP contribution in [0.1, 0.15) is 30.0 Å². The van der Waals surface area contributed by atoms with Crippen LogP contribution < -0.4 is 15.4 Å². The van der Waals surface area contributed by atoms with Crippen LogP contribution in [-0.4, -0.2) is 19.7 Å². The van der Waals surface area contributed by atoms with Crippen LogP contribution >= 0.6 is 0 Å². The summed E-state index contributed by atoms with van der Waals surface area (Å²) in [5.74, 6) is 0.713. The Kier molecular flexibility index (Phi) is 5.26. The van der Waals surface area contributed by atoms with Gasteiger partial charge in [-0.05, 0) is 43.1 Å². The topological polar surface area (TPSA) is 33.3 Å². The first-order chi connectivity index (χ1) is 11.3. The van der Waals surface area contributed by atoms with Crippen LogP contribution in [0.5, 0.6) is 5.75 Å². The van der Waals surface area contributed by atoms with Gasteiger partial charge in [0.15, 0.2) is 0 Å². The molecule has 3 rings (SSSR count). The van der Waals surface area contributed by atoms with E-state index < -0.39 is 0 Å². The van der Waals surface area contributed by atoms with Crippen LogP contribution in [-0.2, 0) is 6.54 Å². The number of rotatable bonds is 5. The number of halogens is 1. The number of hydrogen-bond donors (Lipinski definition) is 2. The maximum Gasteiger partial charge on any atom is 0.123 e. The van der Waals surface area contributed by atoms with Crippen LogP contribution in [0.25, 0.3) is 0 Å². The molecule has 0 aromatic heterocycles. The molecule has 0 spiro atoms. The van der Waals surface area contributed by atoms with Gasteiger partial charge in [0.1, 0.15) is 11.6 Å². The summed E-state index contributed by atoms with van der Waals surface area (Å²) in [6.07, 6.45) is 2.24. The molecule has 2 aromatic rings. The normalized spacial score (nSPS) is 21.1. The Bertz CT molecular complexity index is 630. The van der Waals surface area contributed by atoms with E-state index in [0.717, 1.165) is 42.8 Å². The van der Waals surface area contributed by atoms with Gasteiger partial charge < -0.3 is 15.4 Å². The zero-order valence-corrected chi connectivity index (χ0v) is 13.4. The molecule has 0 radical (unpaired) electrons. The lowest BCUT2D eigenvalue weighted by Gasteiger charge is -2.34. The zero-order valence-electron chi connectivity index (χ0n) is 13.4. The maximum absolute atomic E-state index is 13.2. The van der Waals surface area contributed by atoms with Gasteiger partial charge in [-0.1, -0.05) is 30.3 Å². The summed E-state index contributed by atoms with van der Waals surface area (Å²) in [5, 5.41) is 7.19. The largest absolute Gasteiger partial charge is 0.496 e. The first kappa shape index (κ1) is 16.0. The SMILES string of the molecule is COc1ccccc1CNC1CCCNC1c1ccc(F)cc1. The third kappa shape index (κ3) is 3.89. The molecule has 4 heteroatoms. The van der Waals surface area contributed by atoms with E-state index in [9.17, 15) is 4.39 Å². The van der Waals surface area contributed by atoms with Gasteiger partial charge >= 0.3 is 0 Å². The first-order valence-electron chi connectivity index (χ1n) is 8.12. The third-order valence-corrected chi connectivity index (χ3v) is 4.43. The highest BCUT2D eigenvalue weighted by Gasteiger charge is 2.25. The summed E-state index contributed by atoms with van der Waals surface area (Å²) < 4.78 is 18.6. The molecular formula is C19H23FN2O. The number of methoxy groups -OCH3 is 1. The molecule has 3 nitrogen and oxygen atoms in total. The van der Waals surface area contributed by atoms with Crippen LogP contribution in [0.4, 0.5) is 4.39 Å². The van der Waals surface area contributed by atoms with Crippen molar-refractivity contribution in [3.8, 4) is 5.75 Å². The third-order valence-electron chi connectivity index (χ3n) is 4.43. The van der Waals surface area contributed by atoms with Crippen molar-refractivity contribution in [1.29, 1.82) is 0 Å². The minimum atomic E-state index is -0.192. The molecule has 2 aromatic carbocycles. The highest BCUT2D eigenvalue weighted by molar-refractivity contribution is 5.33. The lowest BCUT2D eigenvalue weighted by molar-refractivity contribution is 0.302. The summed E-state index contributed by atoms with van der Waals surface area (Å²) in [6.45, 7) is 1.75. The van der Waals surface area contributed by atoms with Gasteiger partial charge in [-0.2, -0.15) is 0 Å². The monoisotopic (exact) mass is 314 g/mol. The van der Waals surface area contributed by atoms with Gasteiger partial charge in [-0.15, -0.1) is 0 Å². The van der Waals surface area contributed by atoms with Gasteiger partial charge in [0.05, 0.1) is 7.11 Å². The molecule has 1 aliphatic heterocycles. The summed E-state index contributed by atoms with van der Waals surface area (Å²) in [7, 11) is 1.70. The van der Waals surface area contributed by atoms with Crippen molar-refractivity contribution >= 4 is 0 Å². The molecule has 1 aliphatic rings. The average molecular weight is 314 g/mol. The fourth-order valence-corrected chi connectivity index (χ4v) is 3.22. The highest BCUT2D eigenvalue weighted by atomic mass is 19.1. The van der Waals surface area contributed by atoms with E-state index in [-0.39, 0.29) is 11.9 Å². The molecule has 1 heterocycles. The number of benzene rings is 2. The molecule has 1 saturated heterocycles. The van der Waals surface area contributed by atoms with E-state index in [1.165, 1.54) is 12.1 Å². The molecule has 2 atom stereocenters. The Morgan fingerprint density at radius 1 is 1.17 bits per heavy atom. The molecule has 0 amide bonds. The van der Waals surface area contributed by atoms with Gasteiger partial charge in [-0.3, -0.25) is 0 Å². The van der Waals surface area contributed by atoms with Crippen molar-refractivity contribution < 1.29 is 9.13 Å². The molecule has 122 valence electrons. The predicted molar refractivity (Wildman–Crippen MR) is 90.0 cm³/mol. The standard InChI is InChI=1S/C19H23FN2O/c1-23-18-7-3-2-5-15(18)13-22-17-6-4-12-21-19(17)14-8-10-16(20)11-9-14/h2-3,5,7-11,17,19,21-22H,4,6,12-13H2,1H3. The lowest BCUT2D eigenvalue weighted by Crippen LogP contribution is -2.45. The summed E-state index contributed by atoms with van der Waals surface area (Å²) in [4.78, 5) is 0. The lowest BCUT2D eigenvalue weighted by atomic mass is 9.92. The second-order valence-electron chi connectivity index (χ2n) is 5.92. The van der Waals surface area contributed by atoms with Crippen LogP contribution in [0.15, 0.2) is 48.5 Å². The van der Waals surface area contributed by atoms with Crippen molar-refractivity contribution in [3.63, 3.8) is 0 Å². The summed E-state index contributed by atoms with van der Waals surface area (Å²) in [6, 6.07) is 15.4. The van der Waals surface area contributed by atoms with E-state index in [4.69, 9.17) is 4.74 Å². The molecule has 0 bridgehead atoms. The second-order valence-corrected chi connectivity index (χ2v) is 5.92. The van der Waals surface area contributed by atoms with E-state index in [2.05, 4.69) is 16.7 Å². The molecular weight excluding hydrogens is 291 g/mol. The van der Waals surface area contributed by atoms with E-state index in [1.54, 1.807) is 7.11 Å². The van der Waals surface area contributed by atoms with Gasteiger partial charge in [0.2, 0.25) is 0 Å². The minimum absolute atomic E-state index is 0.192. The van der Waals surface area contributed by atoms with Crippen LogP contribution in [0.3, 0.4) is 0 Å². The van der Waals surface area contributed by atoms with Crippen molar-refractivity contribution in [1.82, 2.24) is 10.6 Å². The van der Waals surface area contributed by atoms with Crippen molar-refractivity contribution in [2.75, 3.05) is 13.7 Å². The number of ether oxygens (including phenoxy) is 1. The minimum Gasteiger partial charge on any atom is -0.496 e. The molecule has 0 aliphatic carbocycles. The second kappa shape index (κ2) is 7.57. The summed E-state index contributed by atoms with van der Waals surface area (Å²) in [5.41, 5.74) is 2.28. The van der Waals surface area contributed by atoms with E-state index >= 15 is 0 Å². The number of piperidine rings is 1. The molecule has 0 saturated carbocycles. The Balaban J connectivity index is 1.70. The molecule has 23 heavy (non-hydrogen) atoms. The van der Waals surface area contributed by atoms with Gasteiger partial charge in [-0.25, -0.2) is 4.39 Å². The van der Waals surface area contributed by atoms with E-state index in [1.807, 2.05) is 30.3 Å². The first-order valence-corrected chi connectivity index (χ1v) is 8.12. The zero-order chi connectivity index (χ0) is 16.1. The fourth-order valence-electron chi connectivity index (χ4n) is 3.22. The Morgan fingerprint density at radius 2 is 1.96 bits per heavy atom. The molecule has 2 N–H and O–H groups in total. The van der Waals surface area contributed by atoms with Gasteiger partial charge in [0, 0.05) is 24.2 Å². The smallest absolute Gasteiger partial charge is 0.123 e. The van der Waals surface area contributed by atoms with E-state index in [0.29, 0.717) is 6.04 Å². The Hall–Kier alpha value is -1.91. The average Bonchev–Trinajstić information content (AvgIpc) is 2.61. The van der Waals surface area contributed by atoms with Crippen LogP contribution in [0.2, 0.25) is 0 Å². The van der Waals surface area contributed by atoms with Crippen molar-refractivity contribution in [3.05, 3.63) is 65.5 Å².